The standard InChI is InChI=1S/C51H30N4S/c1-2-12-32(13-3-1)49-52-50(35-24-25-39-38-20-8-9-23-46(38)56-47(39)30-35)54-51(53-49)41-26-27-43(37-19-7-6-18-36(37)41)55-44-22-11-17-31-16-10-21-40(48(31)44)42-28-33-14-4-5-15-34(33)29-45(42)55/h1-30H/i1D,2D,3D,12D,13D. The van der Waals surface area contributed by atoms with Gasteiger partial charge < -0.3 is 4.90 Å². The maximum Gasteiger partial charge on any atom is 0.164 e. The highest BCUT2D eigenvalue weighted by Gasteiger charge is 2.28. The van der Waals surface area contributed by atoms with E-state index in [0.717, 1.165) is 59.8 Å². The molecule has 1 aliphatic rings. The third-order valence-electron chi connectivity index (χ3n) is 10.9. The molecule has 0 saturated heterocycles. The van der Waals surface area contributed by atoms with Crippen LogP contribution in [0.3, 0.4) is 0 Å². The summed E-state index contributed by atoms with van der Waals surface area (Å²) in [6, 6.07) is 50.6. The van der Waals surface area contributed by atoms with Crippen LogP contribution in [0.4, 0.5) is 17.1 Å². The van der Waals surface area contributed by atoms with Crippen LogP contribution >= 0.6 is 11.3 Å². The summed E-state index contributed by atoms with van der Waals surface area (Å²) in [5.41, 5.74) is 6.84. The first-order valence-corrected chi connectivity index (χ1v) is 19.3. The molecule has 0 unspecified atom stereocenters. The Kier molecular flexibility index (Phi) is 5.76. The molecule has 0 amide bonds. The molecular formula is C51H30N4S. The van der Waals surface area contributed by atoms with Gasteiger partial charge in [-0.3, -0.25) is 0 Å². The van der Waals surface area contributed by atoms with Gasteiger partial charge in [0.15, 0.2) is 17.5 Å². The van der Waals surface area contributed by atoms with Crippen molar-refractivity contribution in [1.29, 1.82) is 0 Å². The first kappa shape index (κ1) is 26.5. The van der Waals surface area contributed by atoms with E-state index >= 15 is 0 Å². The summed E-state index contributed by atoms with van der Waals surface area (Å²) in [4.78, 5) is 17.3. The molecule has 0 fully saturated rings. The van der Waals surface area contributed by atoms with Crippen molar-refractivity contribution in [3.63, 3.8) is 0 Å². The van der Waals surface area contributed by atoms with Crippen molar-refractivity contribution < 1.29 is 6.85 Å². The van der Waals surface area contributed by atoms with Gasteiger partial charge in [0.2, 0.25) is 0 Å². The first-order chi connectivity index (χ1) is 29.8. The van der Waals surface area contributed by atoms with Gasteiger partial charge in [0, 0.05) is 53.2 Å². The third-order valence-corrected chi connectivity index (χ3v) is 12.0. The topological polar surface area (TPSA) is 41.9 Å². The summed E-state index contributed by atoms with van der Waals surface area (Å²) in [6.07, 6.45) is 0. The normalized spacial score (nSPS) is 13.5. The van der Waals surface area contributed by atoms with E-state index in [0.29, 0.717) is 17.2 Å². The highest BCUT2D eigenvalue weighted by molar-refractivity contribution is 7.25. The summed E-state index contributed by atoms with van der Waals surface area (Å²) in [7, 11) is 0. The zero-order valence-corrected chi connectivity index (χ0v) is 30.4. The van der Waals surface area contributed by atoms with Crippen LogP contribution in [0.2, 0.25) is 0 Å². The van der Waals surface area contributed by atoms with E-state index in [1.807, 2.05) is 36.4 Å². The van der Waals surface area contributed by atoms with Crippen LogP contribution in [-0.2, 0) is 0 Å². The predicted molar refractivity (Wildman–Crippen MR) is 235 cm³/mol. The summed E-state index contributed by atoms with van der Waals surface area (Å²) >= 11 is 1.68. The molecule has 0 radical (unpaired) electrons. The van der Waals surface area contributed by atoms with Gasteiger partial charge in [-0.15, -0.1) is 11.3 Å². The average Bonchev–Trinajstić information content (AvgIpc) is 3.68. The first-order valence-electron chi connectivity index (χ1n) is 20.9. The fourth-order valence-electron chi connectivity index (χ4n) is 8.39. The monoisotopic (exact) mass is 735 g/mol. The minimum absolute atomic E-state index is 0.00159. The van der Waals surface area contributed by atoms with Crippen LogP contribution in [-0.4, -0.2) is 15.0 Å². The molecule has 56 heavy (non-hydrogen) atoms. The van der Waals surface area contributed by atoms with Crippen LogP contribution in [0.5, 0.6) is 0 Å². The van der Waals surface area contributed by atoms with E-state index in [2.05, 4.69) is 120 Å². The quantitative estimate of drug-likeness (QED) is 0.180. The van der Waals surface area contributed by atoms with E-state index in [4.69, 9.17) is 21.8 Å². The van der Waals surface area contributed by atoms with Crippen molar-refractivity contribution >= 4 is 80.9 Å². The van der Waals surface area contributed by atoms with Gasteiger partial charge >= 0.3 is 0 Å². The molecule has 0 bridgehead atoms. The number of rotatable bonds is 4. The number of thiophene rings is 1. The molecular weight excluding hydrogens is 701 g/mol. The van der Waals surface area contributed by atoms with Gasteiger partial charge in [0.1, 0.15) is 0 Å². The van der Waals surface area contributed by atoms with Crippen molar-refractivity contribution in [2.45, 2.75) is 0 Å². The van der Waals surface area contributed by atoms with Crippen molar-refractivity contribution in [3.8, 4) is 45.3 Å². The molecule has 0 atom stereocenters. The number of hydrogen-bond donors (Lipinski definition) is 0. The van der Waals surface area contributed by atoms with Crippen molar-refractivity contribution in [1.82, 2.24) is 15.0 Å². The lowest BCUT2D eigenvalue weighted by atomic mass is 9.88. The third kappa shape index (κ3) is 4.75. The summed E-state index contributed by atoms with van der Waals surface area (Å²) in [5, 5.41) is 8.80. The highest BCUT2D eigenvalue weighted by atomic mass is 32.1. The molecule has 0 aliphatic carbocycles. The molecule has 2 aromatic heterocycles. The molecule has 5 heteroatoms. The van der Waals surface area contributed by atoms with Crippen LogP contribution in [0.15, 0.2) is 182 Å². The molecule has 0 N–H and O–H groups in total. The SMILES string of the molecule is [2H]c1c([2H])c([2H])c(-c2nc(-c3ccc4c(c3)sc3ccccc34)nc(-c3ccc(N4c5cc6ccccc6cc5-c5cccc6cccc4c56)c4ccccc34)n2)c([2H])c1[2H]. The Bertz CT molecular complexity index is 3660. The Morgan fingerprint density at radius 1 is 0.411 bits per heavy atom. The molecule has 9 aromatic carbocycles. The van der Waals surface area contributed by atoms with E-state index < -0.39 is 18.1 Å². The number of aromatic nitrogens is 3. The number of nitrogens with zero attached hydrogens (tertiary/aromatic N) is 4. The van der Waals surface area contributed by atoms with Gasteiger partial charge in [0.05, 0.1) is 23.9 Å². The van der Waals surface area contributed by atoms with Crippen LogP contribution < -0.4 is 4.90 Å². The number of benzene rings is 9. The predicted octanol–water partition coefficient (Wildman–Crippen LogP) is 14.2. The molecule has 12 rings (SSSR count). The summed E-state index contributed by atoms with van der Waals surface area (Å²) in [5.74, 6) is 0.657. The minimum Gasteiger partial charge on any atom is -0.309 e. The van der Waals surface area contributed by atoms with Gasteiger partial charge in [-0.05, 0) is 69.6 Å². The Labute approximate surface area is 333 Å². The fraction of sp³-hybridized carbons (Fsp3) is 0. The molecule has 260 valence electrons. The highest BCUT2D eigenvalue weighted by Crippen LogP contribution is 2.53. The lowest BCUT2D eigenvalue weighted by Crippen LogP contribution is -2.15. The minimum atomic E-state index is -0.476. The molecule has 3 heterocycles. The second-order valence-corrected chi connectivity index (χ2v) is 15.1. The lowest BCUT2D eigenvalue weighted by molar-refractivity contribution is 1.08. The summed E-state index contributed by atoms with van der Waals surface area (Å²) in [6.45, 7) is 0. The maximum absolute atomic E-state index is 8.90. The van der Waals surface area contributed by atoms with Crippen molar-refractivity contribution in [2.75, 3.05) is 4.90 Å². The maximum atomic E-state index is 8.90. The number of fused-ring (bicyclic) bond motifs is 7. The summed E-state index contributed by atoms with van der Waals surface area (Å²) < 4.78 is 45.3. The van der Waals surface area contributed by atoms with Crippen LogP contribution in [0.1, 0.15) is 6.85 Å². The fourth-order valence-corrected chi connectivity index (χ4v) is 9.53. The lowest BCUT2D eigenvalue weighted by Gasteiger charge is -2.34. The van der Waals surface area contributed by atoms with Gasteiger partial charge in [0.25, 0.3) is 0 Å². The van der Waals surface area contributed by atoms with E-state index in [1.165, 1.54) is 26.4 Å². The van der Waals surface area contributed by atoms with E-state index in [9.17, 15) is 0 Å². The Morgan fingerprint density at radius 2 is 1.09 bits per heavy atom. The molecule has 0 saturated carbocycles. The van der Waals surface area contributed by atoms with Gasteiger partial charge in [-0.1, -0.05) is 139 Å². The Balaban J connectivity index is 1.11. The van der Waals surface area contributed by atoms with E-state index in [1.54, 1.807) is 11.3 Å². The van der Waals surface area contributed by atoms with Crippen LogP contribution in [0.25, 0.3) is 97.8 Å². The van der Waals surface area contributed by atoms with Crippen LogP contribution in [0, 0.1) is 0 Å². The Morgan fingerprint density at radius 3 is 1.95 bits per heavy atom. The Hall–Kier alpha value is -7.21. The van der Waals surface area contributed by atoms with Gasteiger partial charge in [-0.25, -0.2) is 15.0 Å². The smallest absolute Gasteiger partial charge is 0.164 e. The molecule has 4 nitrogen and oxygen atoms in total. The largest absolute Gasteiger partial charge is 0.309 e. The second kappa shape index (κ2) is 12.2. The zero-order valence-electron chi connectivity index (χ0n) is 34.6. The number of hydrogen-bond acceptors (Lipinski definition) is 5. The molecule has 0 spiro atoms. The molecule has 11 aromatic rings. The van der Waals surface area contributed by atoms with Gasteiger partial charge in [-0.2, -0.15) is 0 Å². The average molecular weight is 736 g/mol. The van der Waals surface area contributed by atoms with E-state index in [-0.39, 0.29) is 23.5 Å². The number of anilines is 3. The second-order valence-electron chi connectivity index (χ2n) is 14.0. The van der Waals surface area contributed by atoms with Crippen molar-refractivity contribution in [2.24, 2.45) is 0 Å². The van der Waals surface area contributed by atoms with Crippen molar-refractivity contribution in [3.05, 3.63) is 182 Å². The molecule has 1 aliphatic heterocycles. The zero-order chi connectivity index (χ0) is 41.1.